The van der Waals surface area contributed by atoms with Gasteiger partial charge in [-0.25, -0.2) is 0 Å². The van der Waals surface area contributed by atoms with Crippen LogP contribution in [0.1, 0.15) is 39.5 Å². The van der Waals surface area contributed by atoms with Crippen molar-refractivity contribution in [2.75, 3.05) is 6.54 Å². The first kappa shape index (κ1) is 13.7. The molecule has 0 aliphatic carbocycles. The fraction of sp³-hybridized carbons (Fsp3) is 0.692. The van der Waals surface area contributed by atoms with Gasteiger partial charge in [-0.3, -0.25) is 24.1 Å². The minimum Gasteiger partial charge on any atom is -0.331 e. The number of hydrogen-bond acceptors (Lipinski definition) is 4. The molecule has 104 valence electrons. The molecule has 2 atom stereocenters. The molecule has 0 aromatic carbocycles. The zero-order chi connectivity index (χ0) is 14.2. The van der Waals surface area contributed by atoms with Gasteiger partial charge in [0, 0.05) is 18.9 Å². The predicted molar refractivity (Wildman–Crippen MR) is 66.0 cm³/mol. The number of likely N-dealkylation sites (tertiary alicyclic amines) is 2. The van der Waals surface area contributed by atoms with Crippen molar-refractivity contribution in [1.29, 1.82) is 0 Å². The highest BCUT2D eigenvalue weighted by atomic mass is 16.2. The zero-order valence-corrected chi connectivity index (χ0v) is 11.2. The summed E-state index contributed by atoms with van der Waals surface area (Å²) in [6, 6.07) is -0.769. The Morgan fingerprint density at radius 1 is 1.21 bits per heavy atom. The van der Waals surface area contributed by atoms with E-state index in [0.29, 0.717) is 12.8 Å². The molecule has 2 heterocycles. The second-order valence-electron chi connectivity index (χ2n) is 5.14. The van der Waals surface area contributed by atoms with E-state index >= 15 is 0 Å². The highest BCUT2D eigenvalue weighted by Crippen LogP contribution is 2.29. The third-order valence-corrected chi connectivity index (χ3v) is 3.77. The lowest BCUT2D eigenvalue weighted by Gasteiger charge is -2.22. The molecule has 0 radical (unpaired) electrons. The molecule has 0 bridgehead atoms. The van der Waals surface area contributed by atoms with Crippen molar-refractivity contribution < 1.29 is 19.2 Å². The fourth-order valence-electron chi connectivity index (χ4n) is 2.85. The topological polar surface area (TPSA) is 74.8 Å². The van der Waals surface area contributed by atoms with Crippen molar-refractivity contribution in [1.82, 2.24) is 9.80 Å². The van der Waals surface area contributed by atoms with Gasteiger partial charge in [0.15, 0.2) is 0 Å². The molecule has 2 unspecified atom stereocenters. The van der Waals surface area contributed by atoms with E-state index in [0.717, 1.165) is 4.90 Å². The van der Waals surface area contributed by atoms with Gasteiger partial charge in [0.05, 0.1) is 6.54 Å². The van der Waals surface area contributed by atoms with Crippen LogP contribution in [0, 0.1) is 0 Å². The third kappa shape index (κ3) is 2.39. The van der Waals surface area contributed by atoms with E-state index in [9.17, 15) is 19.2 Å². The number of rotatable bonds is 4. The Bertz CT molecular complexity index is 430. The molecule has 0 saturated carbocycles. The summed E-state index contributed by atoms with van der Waals surface area (Å²) < 4.78 is 0. The zero-order valence-electron chi connectivity index (χ0n) is 11.2. The number of ketones is 1. The molecule has 3 amide bonds. The maximum Gasteiger partial charge on any atom is 0.246 e. The first-order valence-corrected chi connectivity index (χ1v) is 6.60. The Morgan fingerprint density at radius 2 is 1.79 bits per heavy atom. The molecule has 19 heavy (non-hydrogen) atoms. The fourth-order valence-corrected chi connectivity index (χ4v) is 2.85. The maximum absolute atomic E-state index is 12.3. The largest absolute Gasteiger partial charge is 0.331 e. The van der Waals surface area contributed by atoms with Crippen LogP contribution in [-0.4, -0.2) is 51.9 Å². The third-order valence-electron chi connectivity index (χ3n) is 3.77. The van der Waals surface area contributed by atoms with Gasteiger partial charge in [0.25, 0.3) is 0 Å². The van der Waals surface area contributed by atoms with Gasteiger partial charge in [-0.15, -0.1) is 0 Å². The molecule has 2 rings (SSSR count). The summed E-state index contributed by atoms with van der Waals surface area (Å²) in [5.41, 5.74) is 0. The van der Waals surface area contributed by atoms with Crippen LogP contribution >= 0.6 is 0 Å². The van der Waals surface area contributed by atoms with Crippen molar-refractivity contribution in [3.63, 3.8) is 0 Å². The summed E-state index contributed by atoms with van der Waals surface area (Å²) >= 11 is 0. The number of carbonyl (C=O) groups excluding carboxylic acids is 4. The Hall–Kier alpha value is -1.72. The summed E-state index contributed by atoms with van der Waals surface area (Å²) in [6.45, 7) is 3.42. The molecule has 2 aliphatic heterocycles. The lowest BCUT2D eigenvalue weighted by Crippen LogP contribution is -2.45. The van der Waals surface area contributed by atoms with Gasteiger partial charge in [0.2, 0.25) is 17.7 Å². The molecule has 0 aromatic heterocycles. The van der Waals surface area contributed by atoms with Gasteiger partial charge in [0.1, 0.15) is 11.8 Å². The van der Waals surface area contributed by atoms with Gasteiger partial charge in [-0.05, 0) is 19.8 Å². The monoisotopic (exact) mass is 266 g/mol. The quantitative estimate of drug-likeness (QED) is 0.677. The summed E-state index contributed by atoms with van der Waals surface area (Å²) in [5.74, 6) is -0.914. The standard InChI is InChI=1S/C13H18N2O4/c1-3-9-6-10(13(19)14(9)7-8(2)16)15-11(17)4-5-12(15)18/h9-10H,3-7H2,1-2H3. The van der Waals surface area contributed by atoms with Crippen LogP contribution in [0.25, 0.3) is 0 Å². The number of hydrogen-bond donors (Lipinski definition) is 0. The van der Waals surface area contributed by atoms with E-state index < -0.39 is 6.04 Å². The van der Waals surface area contributed by atoms with Crippen molar-refractivity contribution in [3.8, 4) is 0 Å². The number of Topliss-reactive ketones (excluding diaryl/α,β-unsaturated/α-hetero) is 1. The molecule has 6 nitrogen and oxygen atoms in total. The molecule has 6 heteroatoms. The van der Waals surface area contributed by atoms with Crippen molar-refractivity contribution in [2.45, 2.75) is 51.6 Å². The Balaban J connectivity index is 2.20. The Labute approximate surface area is 111 Å². The Morgan fingerprint density at radius 3 is 2.26 bits per heavy atom. The minimum atomic E-state index is -0.702. The average Bonchev–Trinajstić information content (AvgIpc) is 2.82. The van der Waals surface area contributed by atoms with Gasteiger partial charge in [-0.1, -0.05) is 6.92 Å². The van der Waals surface area contributed by atoms with E-state index in [2.05, 4.69) is 0 Å². The van der Waals surface area contributed by atoms with E-state index in [1.54, 1.807) is 0 Å². The first-order valence-electron chi connectivity index (χ1n) is 6.60. The van der Waals surface area contributed by atoms with Crippen molar-refractivity contribution >= 4 is 23.5 Å². The van der Waals surface area contributed by atoms with Crippen LogP contribution < -0.4 is 0 Å². The van der Waals surface area contributed by atoms with Crippen molar-refractivity contribution in [3.05, 3.63) is 0 Å². The summed E-state index contributed by atoms with van der Waals surface area (Å²) in [6.07, 6.45) is 1.53. The molecular weight excluding hydrogens is 248 g/mol. The SMILES string of the molecule is CCC1CC(N2C(=O)CCC2=O)C(=O)N1CC(C)=O. The van der Waals surface area contributed by atoms with Gasteiger partial charge < -0.3 is 4.90 Å². The summed E-state index contributed by atoms with van der Waals surface area (Å²) in [7, 11) is 0. The number of carbonyl (C=O) groups is 4. The van der Waals surface area contributed by atoms with Crippen molar-refractivity contribution in [2.24, 2.45) is 0 Å². The van der Waals surface area contributed by atoms with E-state index in [4.69, 9.17) is 0 Å². The molecular formula is C13H18N2O4. The highest BCUT2D eigenvalue weighted by Gasteiger charge is 2.47. The van der Waals surface area contributed by atoms with Crippen LogP contribution in [0.2, 0.25) is 0 Å². The number of imide groups is 1. The summed E-state index contributed by atoms with van der Waals surface area (Å²) in [4.78, 5) is 49.6. The molecule has 2 aliphatic rings. The molecule has 0 N–H and O–H groups in total. The van der Waals surface area contributed by atoms with E-state index in [1.165, 1.54) is 11.8 Å². The second kappa shape index (κ2) is 5.11. The van der Waals surface area contributed by atoms with E-state index in [-0.39, 0.29) is 48.9 Å². The predicted octanol–water partition coefficient (Wildman–Crippen LogP) is 0.104. The van der Waals surface area contributed by atoms with Gasteiger partial charge in [-0.2, -0.15) is 0 Å². The highest BCUT2D eigenvalue weighted by molar-refractivity contribution is 6.06. The summed E-state index contributed by atoms with van der Waals surface area (Å²) in [5, 5.41) is 0. The lowest BCUT2D eigenvalue weighted by molar-refractivity contribution is -0.147. The lowest BCUT2D eigenvalue weighted by atomic mass is 10.1. The van der Waals surface area contributed by atoms with Crippen LogP contribution in [0.3, 0.4) is 0 Å². The molecule has 0 spiro atoms. The molecule has 0 aromatic rings. The van der Waals surface area contributed by atoms with Crippen LogP contribution in [0.15, 0.2) is 0 Å². The van der Waals surface area contributed by atoms with Crippen LogP contribution in [0.4, 0.5) is 0 Å². The average molecular weight is 266 g/mol. The van der Waals surface area contributed by atoms with Gasteiger partial charge >= 0.3 is 0 Å². The number of nitrogens with zero attached hydrogens (tertiary/aromatic N) is 2. The molecule has 2 saturated heterocycles. The molecule has 2 fully saturated rings. The van der Waals surface area contributed by atoms with E-state index in [1.807, 2.05) is 6.92 Å². The first-order chi connectivity index (χ1) is 8.95. The smallest absolute Gasteiger partial charge is 0.246 e. The minimum absolute atomic E-state index is 0.0596. The number of amides is 3. The second-order valence-corrected chi connectivity index (χ2v) is 5.14. The maximum atomic E-state index is 12.3. The Kier molecular flexibility index (Phi) is 3.68. The van der Waals surface area contributed by atoms with Crippen LogP contribution in [-0.2, 0) is 19.2 Å². The normalized spacial score (nSPS) is 27.6. The van der Waals surface area contributed by atoms with Crippen LogP contribution in [0.5, 0.6) is 0 Å².